The van der Waals surface area contributed by atoms with Crippen molar-refractivity contribution in [1.29, 1.82) is 0 Å². The molecule has 1 aromatic carbocycles. The van der Waals surface area contributed by atoms with Gasteiger partial charge < -0.3 is 9.47 Å². The fraction of sp³-hybridized carbons (Fsp3) is 0.556. The van der Waals surface area contributed by atoms with E-state index in [0.29, 0.717) is 6.42 Å². The van der Waals surface area contributed by atoms with Gasteiger partial charge >= 0.3 is 6.09 Å². The number of para-hydroxylation sites is 1. The highest BCUT2D eigenvalue weighted by Gasteiger charge is 2.29. The molecule has 0 saturated heterocycles. The van der Waals surface area contributed by atoms with Crippen LogP contribution in [0.2, 0.25) is 0 Å². The zero-order chi connectivity index (χ0) is 17.6. The summed E-state index contributed by atoms with van der Waals surface area (Å²) in [6.07, 6.45) is 2.62. The van der Waals surface area contributed by atoms with Crippen LogP contribution < -0.4 is 15.6 Å². The lowest BCUT2D eigenvalue weighted by Gasteiger charge is -2.29. The van der Waals surface area contributed by atoms with Crippen molar-refractivity contribution in [2.24, 2.45) is 5.92 Å². The van der Waals surface area contributed by atoms with Gasteiger partial charge in [-0.05, 0) is 58.6 Å². The average Bonchev–Trinajstić information content (AvgIpc) is 2.52. The number of hydrogen-bond acceptors (Lipinski definition) is 4. The van der Waals surface area contributed by atoms with Gasteiger partial charge in [-0.25, -0.2) is 10.2 Å². The maximum Gasteiger partial charge on any atom is 0.426 e. The topological polar surface area (TPSA) is 76.7 Å². The maximum absolute atomic E-state index is 12.2. The van der Waals surface area contributed by atoms with E-state index in [1.165, 1.54) is 0 Å². The molecule has 0 aliphatic heterocycles. The van der Waals surface area contributed by atoms with Gasteiger partial charge in [-0.15, -0.1) is 0 Å². The van der Waals surface area contributed by atoms with E-state index in [0.717, 1.165) is 25.0 Å². The lowest BCUT2D eigenvalue weighted by Crippen LogP contribution is -2.47. The van der Waals surface area contributed by atoms with Gasteiger partial charge in [0, 0.05) is 5.92 Å². The van der Waals surface area contributed by atoms with Crippen molar-refractivity contribution in [2.45, 2.75) is 58.2 Å². The van der Waals surface area contributed by atoms with E-state index in [-0.39, 0.29) is 17.9 Å². The SMILES string of the molecule is CC(C)(C)OC(=O)NNC(=O)[C@@H]1CCC[C@@H](Oc2ccccc2)C1. The number of benzene rings is 1. The monoisotopic (exact) mass is 334 g/mol. The van der Waals surface area contributed by atoms with E-state index in [9.17, 15) is 9.59 Å². The molecule has 132 valence electrons. The Morgan fingerprint density at radius 3 is 2.46 bits per heavy atom. The first-order chi connectivity index (χ1) is 11.3. The number of carbonyl (C=O) groups is 2. The number of amides is 2. The Hall–Kier alpha value is -2.24. The highest BCUT2D eigenvalue weighted by Crippen LogP contribution is 2.27. The molecule has 1 saturated carbocycles. The lowest BCUT2D eigenvalue weighted by molar-refractivity contribution is -0.128. The third-order valence-corrected chi connectivity index (χ3v) is 3.73. The van der Waals surface area contributed by atoms with Gasteiger partial charge in [0.25, 0.3) is 0 Å². The van der Waals surface area contributed by atoms with E-state index in [1.807, 2.05) is 30.3 Å². The van der Waals surface area contributed by atoms with Crippen LogP contribution in [0.25, 0.3) is 0 Å². The highest BCUT2D eigenvalue weighted by molar-refractivity contribution is 5.81. The van der Waals surface area contributed by atoms with E-state index in [1.54, 1.807) is 20.8 Å². The summed E-state index contributed by atoms with van der Waals surface area (Å²) < 4.78 is 11.0. The van der Waals surface area contributed by atoms with Gasteiger partial charge in [0.1, 0.15) is 11.4 Å². The van der Waals surface area contributed by atoms with Crippen LogP contribution in [-0.4, -0.2) is 23.7 Å². The lowest BCUT2D eigenvalue weighted by atomic mass is 9.86. The maximum atomic E-state index is 12.2. The first-order valence-corrected chi connectivity index (χ1v) is 8.34. The molecule has 0 bridgehead atoms. The van der Waals surface area contributed by atoms with E-state index < -0.39 is 11.7 Å². The van der Waals surface area contributed by atoms with Crippen LogP contribution in [0.5, 0.6) is 5.75 Å². The molecule has 1 aliphatic rings. The molecule has 6 heteroatoms. The molecule has 2 atom stereocenters. The molecule has 2 N–H and O–H groups in total. The van der Waals surface area contributed by atoms with Crippen molar-refractivity contribution < 1.29 is 19.1 Å². The third kappa shape index (κ3) is 6.10. The van der Waals surface area contributed by atoms with Gasteiger partial charge in [0.05, 0.1) is 6.10 Å². The van der Waals surface area contributed by atoms with Crippen LogP contribution >= 0.6 is 0 Å². The summed E-state index contributed by atoms with van der Waals surface area (Å²) >= 11 is 0. The fourth-order valence-electron chi connectivity index (χ4n) is 2.70. The molecule has 0 heterocycles. The quantitative estimate of drug-likeness (QED) is 0.832. The van der Waals surface area contributed by atoms with Gasteiger partial charge in [-0.2, -0.15) is 0 Å². The summed E-state index contributed by atoms with van der Waals surface area (Å²) in [4.78, 5) is 23.8. The molecule has 1 fully saturated rings. The molecule has 1 aromatic rings. The zero-order valence-corrected chi connectivity index (χ0v) is 14.5. The van der Waals surface area contributed by atoms with Crippen LogP contribution in [0.3, 0.4) is 0 Å². The molecule has 2 rings (SSSR count). The summed E-state index contributed by atoms with van der Waals surface area (Å²) in [6, 6.07) is 9.61. The normalized spacial score (nSPS) is 20.8. The summed E-state index contributed by atoms with van der Waals surface area (Å²) in [5.41, 5.74) is 4.14. The van der Waals surface area contributed by atoms with E-state index in [2.05, 4.69) is 10.9 Å². The predicted octanol–water partition coefficient (Wildman–Crippen LogP) is 3.18. The average molecular weight is 334 g/mol. The Kier molecular flexibility index (Phi) is 6.06. The number of nitrogens with one attached hydrogen (secondary N) is 2. The van der Waals surface area contributed by atoms with Crippen LogP contribution in [-0.2, 0) is 9.53 Å². The van der Waals surface area contributed by atoms with Gasteiger partial charge in [0.15, 0.2) is 0 Å². The summed E-state index contributed by atoms with van der Waals surface area (Å²) in [5.74, 6) is 0.431. The molecule has 1 aliphatic carbocycles. The second-order valence-corrected chi connectivity index (χ2v) is 7.03. The first-order valence-electron chi connectivity index (χ1n) is 8.34. The molecule has 2 amide bonds. The van der Waals surface area contributed by atoms with Gasteiger partial charge in [0.2, 0.25) is 5.91 Å². The second kappa shape index (κ2) is 8.04. The Morgan fingerprint density at radius 2 is 1.79 bits per heavy atom. The number of carbonyl (C=O) groups excluding carboxylic acids is 2. The fourth-order valence-corrected chi connectivity index (χ4v) is 2.70. The number of rotatable bonds is 3. The number of hydrogen-bond donors (Lipinski definition) is 2. The Balaban J connectivity index is 1.79. The highest BCUT2D eigenvalue weighted by atomic mass is 16.6. The molecule has 0 unspecified atom stereocenters. The summed E-state index contributed by atoms with van der Waals surface area (Å²) in [6.45, 7) is 5.29. The predicted molar refractivity (Wildman–Crippen MR) is 90.3 cm³/mol. The minimum atomic E-state index is -0.663. The third-order valence-electron chi connectivity index (χ3n) is 3.73. The largest absolute Gasteiger partial charge is 0.490 e. The molecule has 0 spiro atoms. The van der Waals surface area contributed by atoms with Crippen molar-refractivity contribution >= 4 is 12.0 Å². The molecule has 24 heavy (non-hydrogen) atoms. The van der Waals surface area contributed by atoms with E-state index >= 15 is 0 Å². The minimum Gasteiger partial charge on any atom is -0.490 e. The van der Waals surface area contributed by atoms with Gasteiger partial charge in [-0.1, -0.05) is 18.2 Å². The van der Waals surface area contributed by atoms with E-state index in [4.69, 9.17) is 9.47 Å². The van der Waals surface area contributed by atoms with Crippen molar-refractivity contribution in [3.63, 3.8) is 0 Å². The number of ether oxygens (including phenoxy) is 2. The first kappa shape index (κ1) is 18.1. The molecular formula is C18H26N2O4. The van der Waals surface area contributed by atoms with Crippen molar-refractivity contribution in [2.75, 3.05) is 0 Å². The Morgan fingerprint density at radius 1 is 1.08 bits per heavy atom. The Labute approximate surface area is 142 Å². The van der Waals surface area contributed by atoms with Crippen LogP contribution in [0.15, 0.2) is 30.3 Å². The van der Waals surface area contributed by atoms with Crippen molar-refractivity contribution in [3.05, 3.63) is 30.3 Å². The number of hydrazine groups is 1. The van der Waals surface area contributed by atoms with Crippen molar-refractivity contribution in [1.82, 2.24) is 10.9 Å². The van der Waals surface area contributed by atoms with Crippen LogP contribution in [0, 0.1) is 5.92 Å². The smallest absolute Gasteiger partial charge is 0.426 e. The Bertz CT molecular complexity index is 554. The standard InChI is InChI=1S/C18H26N2O4/c1-18(2,3)24-17(22)20-19-16(21)13-8-7-11-15(12-13)23-14-9-5-4-6-10-14/h4-6,9-10,13,15H,7-8,11-12H2,1-3H3,(H,19,21)(H,20,22)/t13-,15-/m1/s1. The summed E-state index contributed by atoms with van der Waals surface area (Å²) in [5, 5.41) is 0. The minimum absolute atomic E-state index is 0.0124. The zero-order valence-electron chi connectivity index (χ0n) is 14.5. The molecule has 0 radical (unpaired) electrons. The van der Waals surface area contributed by atoms with Crippen LogP contribution in [0.4, 0.5) is 4.79 Å². The second-order valence-electron chi connectivity index (χ2n) is 7.03. The van der Waals surface area contributed by atoms with Gasteiger partial charge in [-0.3, -0.25) is 10.2 Å². The molecule has 0 aromatic heterocycles. The van der Waals surface area contributed by atoms with Crippen LogP contribution in [0.1, 0.15) is 46.5 Å². The molecular weight excluding hydrogens is 308 g/mol. The molecule has 6 nitrogen and oxygen atoms in total. The summed E-state index contributed by atoms with van der Waals surface area (Å²) in [7, 11) is 0. The van der Waals surface area contributed by atoms with Crippen molar-refractivity contribution in [3.8, 4) is 5.75 Å².